The molecule has 0 fully saturated rings. The number of amides is 1. The van der Waals surface area contributed by atoms with Gasteiger partial charge in [0.05, 0.1) is 0 Å². The van der Waals surface area contributed by atoms with Gasteiger partial charge in [0.25, 0.3) is 0 Å². The molecule has 1 amide bonds. The van der Waals surface area contributed by atoms with Crippen LogP contribution in [0.3, 0.4) is 0 Å². The minimum Gasteiger partial charge on any atom is -0.326 e. The average Bonchev–Trinajstić information content (AvgIpc) is 2.77. The first-order valence-corrected chi connectivity index (χ1v) is 14.1. The van der Waals surface area contributed by atoms with Gasteiger partial charge in [-0.3, -0.25) is 4.79 Å². The Morgan fingerprint density at radius 3 is 1.35 bits per heavy atom. The lowest BCUT2D eigenvalue weighted by Crippen LogP contribution is -2.10. The molecule has 178 valence electrons. The number of unbranched alkanes of at least 4 members (excludes halogenated alkanes) is 18. The van der Waals surface area contributed by atoms with E-state index in [1.165, 1.54) is 116 Å². The monoisotopic (exact) mass is 493 g/mol. The topological polar surface area (TPSA) is 29.1 Å². The number of nitrogens with one attached hydrogen (secondary N) is 1. The highest BCUT2D eigenvalue weighted by atomic mass is 79.9. The van der Waals surface area contributed by atoms with Crippen LogP contribution in [0.2, 0.25) is 0 Å². The van der Waals surface area contributed by atoms with Crippen molar-refractivity contribution in [2.75, 3.05) is 5.32 Å². The Balaban J connectivity index is 1.75. The summed E-state index contributed by atoms with van der Waals surface area (Å²) in [5, 5.41) is 2.97. The van der Waals surface area contributed by atoms with Crippen molar-refractivity contribution in [2.24, 2.45) is 0 Å². The first-order chi connectivity index (χ1) is 15.2. The summed E-state index contributed by atoms with van der Waals surface area (Å²) in [6.45, 7) is 2.29. The van der Waals surface area contributed by atoms with E-state index in [2.05, 4.69) is 28.2 Å². The molecule has 0 saturated heterocycles. The van der Waals surface area contributed by atoms with Crippen LogP contribution in [-0.4, -0.2) is 5.91 Å². The van der Waals surface area contributed by atoms with Crippen LogP contribution in [0.15, 0.2) is 28.7 Å². The van der Waals surface area contributed by atoms with E-state index in [-0.39, 0.29) is 5.91 Å². The van der Waals surface area contributed by atoms with Crippen LogP contribution in [0.1, 0.15) is 135 Å². The van der Waals surface area contributed by atoms with Crippen molar-refractivity contribution >= 4 is 27.5 Å². The maximum Gasteiger partial charge on any atom is 0.224 e. The molecule has 0 spiro atoms. The Morgan fingerprint density at radius 1 is 0.613 bits per heavy atom. The van der Waals surface area contributed by atoms with Crippen LogP contribution in [-0.2, 0) is 4.79 Å². The van der Waals surface area contributed by atoms with Gasteiger partial charge in [0.1, 0.15) is 0 Å². The highest BCUT2D eigenvalue weighted by Gasteiger charge is 2.02. The van der Waals surface area contributed by atoms with E-state index in [1.54, 1.807) is 0 Å². The van der Waals surface area contributed by atoms with Gasteiger partial charge < -0.3 is 5.32 Å². The molecule has 1 aromatic rings. The number of benzene rings is 1. The van der Waals surface area contributed by atoms with Crippen molar-refractivity contribution in [3.05, 3.63) is 28.7 Å². The third-order valence-corrected chi connectivity index (χ3v) is 6.66. The number of halogens is 1. The van der Waals surface area contributed by atoms with Crippen LogP contribution in [0.5, 0.6) is 0 Å². The molecule has 0 aliphatic heterocycles. The van der Waals surface area contributed by atoms with E-state index in [1.807, 2.05) is 24.3 Å². The smallest absolute Gasteiger partial charge is 0.224 e. The maximum absolute atomic E-state index is 12.0. The summed E-state index contributed by atoms with van der Waals surface area (Å²) in [4.78, 5) is 12.0. The minimum absolute atomic E-state index is 0.134. The number of hydrogen-bond donors (Lipinski definition) is 1. The minimum atomic E-state index is 0.134. The molecule has 1 aromatic carbocycles. The Kier molecular flexibility index (Phi) is 19.1. The summed E-state index contributed by atoms with van der Waals surface area (Å²) in [5.74, 6) is 0.134. The predicted octanol–water partition coefficient (Wildman–Crippen LogP) is 10.2. The molecule has 0 aromatic heterocycles. The van der Waals surface area contributed by atoms with E-state index in [0.29, 0.717) is 6.42 Å². The molecule has 0 heterocycles. The second-order valence-corrected chi connectivity index (χ2v) is 10.1. The van der Waals surface area contributed by atoms with Crippen molar-refractivity contribution in [2.45, 2.75) is 135 Å². The average molecular weight is 495 g/mol. The molecule has 0 aliphatic rings. The molecule has 2 nitrogen and oxygen atoms in total. The van der Waals surface area contributed by atoms with Crippen molar-refractivity contribution in [3.8, 4) is 0 Å². The quantitative estimate of drug-likeness (QED) is 0.169. The molecule has 0 bridgehead atoms. The van der Waals surface area contributed by atoms with Crippen LogP contribution >= 0.6 is 15.9 Å². The molecular formula is C28H48BrNO. The number of anilines is 1. The third-order valence-electron chi connectivity index (χ3n) is 6.14. The van der Waals surface area contributed by atoms with Gasteiger partial charge in [0.15, 0.2) is 0 Å². The zero-order valence-corrected chi connectivity index (χ0v) is 21.8. The Bertz CT molecular complexity index is 528. The predicted molar refractivity (Wildman–Crippen MR) is 141 cm³/mol. The lowest BCUT2D eigenvalue weighted by atomic mass is 10.0. The van der Waals surface area contributed by atoms with Crippen molar-refractivity contribution < 1.29 is 4.79 Å². The molecule has 3 heteroatoms. The first kappa shape index (κ1) is 28.2. The van der Waals surface area contributed by atoms with Gasteiger partial charge in [-0.2, -0.15) is 0 Å². The number of rotatable bonds is 21. The molecule has 1 rings (SSSR count). The second-order valence-electron chi connectivity index (χ2n) is 9.17. The Labute approximate surface area is 201 Å². The van der Waals surface area contributed by atoms with E-state index in [9.17, 15) is 4.79 Å². The summed E-state index contributed by atoms with van der Waals surface area (Å²) in [5.41, 5.74) is 0.881. The van der Waals surface area contributed by atoms with E-state index in [0.717, 1.165) is 16.6 Å². The van der Waals surface area contributed by atoms with Crippen molar-refractivity contribution in [3.63, 3.8) is 0 Å². The van der Waals surface area contributed by atoms with Gasteiger partial charge >= 0.3 is 0 Å². The normalized spacial score (nSPS) is 11.0. The molecule has 1 N–H and O–H groups in total. The second kappa shape index (κ2) is 21.0. The van der Waals surface area contributed by atoms with E-state index < -0.39 is 0 Å². The fraction of sp³-hybridized carbons (Fsp3) is 0.750. The molecule has 0 aliphatic carbocycles. The summed E-state index contributed by atoms with van der Waals surface area (Å²) < 4.78 is 1.03. The maximum atomic E-state index is 12.0. The van der Waals surface area contributed by atoms with Gasteiger partial charge in [0.2, 0.25) is 5.91 Å². The number of carbonyl (C=O) groups is 1. The lowest BCUT2D eigenvalue weighted by Gasteiger charge is -2.06. The van der Waals surface area contributed by atoms with E-state index >= 15 is 0 Å². The van der Waals surface area contributed by atoms with Crippen LogP contribution in [0, 0.1) is 0 Å². The molecule has 0 radical (unpaired) electrons. The van der Waals surface area contributed by atoms with Gasteiger partial charge in [-0.1, -0.05) is 138 Å². The SMILES string of the molecule is CCCCCCCCCCCCCCCCCCCCCC(=O)Nc1ccc(Br)cc1. The largest absolute Gasteiger partial charge is 0.326 e. The first-order valence-electron chi connectivity index (χ1n) is 13.3. The van der Waals surface area contributed by atoms with Crippen molar-refractivity contribution in [1.82, 2.24) is 0 Å². The van der Waals surface area contributed by atoms with E-state index in [4.69, 9.17) is 0 Å². The van der Waals surface area contributed by atoms with Gasteiger partial charge in [-0.25, -0.2) is 0 Å². The molecule has 0 atom stereocenters. The fourth-order valence-corrected chi connectivity index (χ4v) is 4.39. The summed E-state index contributed by atoms with van der Waals surface area (Å²) in [6, 6.07) is 7.76. The third kappa shape index (κ3) is 18.4. The van der Waals surface area contributed by atoms with Gasteiger partial charge in [0, 0.05) is 16.6 Å². The van der Waals surface area contributed by atoms with Crippen LogP contribution in [0.4, 0.5) is 5.69 Å². The fourth-order valence-electron chi connectivity index (χ4n) is 4.12. The number of hydrogen-bond acceptors (Lipinski definition) is 1. The summed E-state index contributed by atoms with van der Waals surface area (Å²) in [6.07, 6.45) is 26.8. The van der Waals surface area contributed by atoms with Crippen LogP contribution < -0.4 is 5.32 Å². The lowest BCUT2D eigenvalue weighted by molar-refractivity contribution is -0.116. The molecular weight excluding hydrogens is 446 g/mol. The zero-order valence-electron chi connectivity index (χ0n) is 20.2. The molecule has 0 unspecified atom stereocenters. The Morgan fingerprint density at radius 2 is 0.968 bits per heavy atom. The highest BCUT2D eigenvalue weighted by Crippen LogP contribution is 2.16. The standard InChI is InChI=1S/C28H48BrNO/c1-2-3-4-5-6-7-8-9-10-11-12-13-14-15-16-17-18-19-20-21-28(31)30-27-24-22-26(29)23-25-27/h22-25H,2-21H2,1H3,(H,30,31). The highest BCUT2D eigenvalue weighted by molar-refractivity contribution is 9.10. The van der Waals surface area contributed by atoms with Crippen LogP contribution in [0.25, 0.3) is 0 Å². The summed E-state index contributed by atoms with van der Waals surface area (Å²) >= 11 is 3.41. The number of carbonyl (C=O) groups excluding carboxylic acids is 1. The molecule has 31 heavy (non-hydrogen) atoms. The molecule has 0 saturated carbocycles. The zero-order chi connectivity index (χ0) is 22.4. The Hall–Kier alpha value is -0.830. The van der Waals surface area contributed by atoms with Gasteiger partial charge in [-0.15, -0.1) is 0 Å². The van der Waals surface area contributed by atoms with Crippen molar-refractivity contribution in [1.29, 1.82) is 0 Å². The summed E-state index contributed by atoms with van der Waals surface area (Å²) in [7, 11) is 0. The van der Waals surface area contributed by atoms with Gasteiger partial charge in [-0.05, 0) is 30.7 Å².